The summed E-state index contributed by atoms with van der Waals surface area (Å²) in [7, 11) is 0. The molecule has 1 fully saturated rings. The van der Waals surface area contributed by atoms with Crippen molar-refractivity contribution in [3.8, 4) is 0 Å². The fourth-order valence-electron chi connectivity index (χ4n) is 3.22. The summed E-state index contributed by atoms with van der Waals surface area (Å²) in [6.07, 6.45) is 0. The van der Waals surface area contributed by atoms with E-state index in [4.69, 9.17) is 0 Å². The third-order valence-corrected chi connectivity index (χ3v) is 5.14. The van der Waals surface area contributed by atoms with Crippen molar-refractivity contribution < 1.29 is 4.79 Å². The molecule has 1 aliphatic rings. The van der Waals surface area contributed by atoms with Gasteiger partial charge in [0.2, 0.25) is 5.91 Å². The molecule has 1 atom stereocenters. The first-order chi connectivity index (χ1) is 12.0. The molecule has 1 heterocycles. The van der Waals surface area contributed by atoms with E-state index >= 15 is 0 Å². The summed E-state index contributed by atoms with van der Waals surface area (Å²) in [5.41, 5.74) is 4.79. The number of hydrogen-bond acceptors (Lipinski definition) is 3. The third kappa shape index (κ3) is 4.20. The number of benzene rings is 2. The summed E-state index contributed by atoms with van der Waals surface area (Å²) < 4.78 is 0. The van der Waals surface area contributed by atoms with Gasteiger partial charge in [-0.15, -0.1) is 0 Å². The van der Waals surface area contributed by atoms with Crippen LogP contribution in [0.15, 0.2) is 48.5 Å². The highest BCUT2D eigenvalue weighted by molar-refractivity contribution is 5.94. The Bertz CT molecular complexity index is 721. The van der Waals surface area contributed by atoms with E-state index in [0.717, 1.165) is 31.9 Å². The van der Waals surface area contributed by atoms with E-state index in [1.165, 1.54) is 16.8 Å². The van der Waals surface area contributed by atoms with Gasteiger partial charge in [-0.2, -0.15) is 0 Å². The normalized spacial score (nSPS) is 16.5. The van der Waals surface area contributed by atoms with Gasteiger partial charge in [-0.05, 0) is 56.2 Å². The molecule has 1 saturated heterocycles. The molecule has 0 radical (unpaired) electrons. The van der Waals surface area contributed by atoms with Crippen LogP contribution in [0.2, 0.25) is 0 Å². The zero-order valence-corrected chi connectivity index (χ0v) is 15.3. The Balaban J connectivity index is 1.56. The second kappa shape index (κ2) is 7.70. The molecule has 0 aromatic heterocycles. The first kappa shape index (κ1) is 17.5. The van der Waals surface area contributed by atoms with Gasteiger partial charge in [-0.25, -0.2) is 0 Å². The highest BCUT2D eigenvalue weighted by atomic mass is 16.2. The number of amides is 1. The molecule has 132 valence electrons. The van der Waals surface area contributed by atoms with Crippen molar-refractivity contribution >= 4 is 17.3 Å². The SMILES string of the molecule is Cc1ccc(N2CCN([C@H](C)C(=O)Nc3ccccc3)CC2)cc1C. The number of nitrogens with zero attached hydrogens (tertiary/aromatic N) is 2. The van der Waals surface area contributed by atoms with Gasteiger partial charge < -0.3 is 10.2 Å². The average Bonchev–Trinajstić information content (AvgIpc) is 2.64. The lowest BCUT2D eigenvalue weighted by molar-refractivity contribution is -0.120. The molecule has 1 aliphatic heterocycles. The van der Waals surface area contributed by atoms with Gasteiger partial charge in [-0.3, -0.25) is 9.69 Å². The Morgan fingerprint density at radius 1 is 0.960 bits per heavy atom. The molecule has 1 amide bonds. The number of nitrogens with one attached hydrogen (secondary N) is 1. The van der Waals surface area contributed by atoms with Crippen LogP contribution in [-0.4, -0.2) is 43.0 Å². The van der Waals surface area contributed by atoms with Crippen LogP contribution in [0, 0.1) is 13.8 Å². The van der Waals surface area contributed by atoms with Crippen LogP contribution in [0.4, 0.5) is 11.4 Å². The van der Waals surface area contributed by atoms with Gasteiger partial charge in [0, 0.05) is 37.6 Å². The quantitative estimate of drug-likeness (QED) is 0.928. The third-order valence-electron chi connectivity index (χ3n) is 5.14. The lowest BCUT2D eigenvalue weighted by Gasteiger charge is -2.38. The van der Waals surface area contributed by atoms with E-state index in [0.29, 0.717) is 0 Å². The van der Waals surface area contributed by atoms with Crippen molar-refractivity contribution in [1.82, 2.24) is 4.90 Å². The number of carbonyl (C=O) groups excluding carboxylic acids is 1. The van der Waals surface area contributed by atoms with E-state index in [1.807, 2.05) is 37.3 Å². The smallest absolute Gasteiger partial charge is 0.241 e. The summed E-state index contributed by atoms with van der Waals surface area (Å²) in [6.45, 7) is 9.99. The van der Waals surface area contributed by atoms with Gasteiger partial charge in [-0.1, -0.05) is 24.3 Å². The predicted octanol–water partition coefficient (Wildman–Crippen LogP) is 3.45. The summed E-state index contributed by atoms with van der Waals surface area (Å²) in [5, 5.41) is 3.00. The fourth-order valence-corrected chi connectivity index (χ4v) is 3.22. The molecule has 0 bridgehead atoms. The van der Waals surface area contributed by atoms with Gasteiger partial charge in [0.1, 0.15) is 0 Å². The van der Waals surface area contributed by atoms with E-state index < -0.39 is 0 Å². The fraction of sp³-hybridized carbons (Fsp3) is 0.381. The molecule has 4 heteroatoms. The zero-order valence-electron chi connectivity index (χ0n) is 15.3. The molecule has 4 nitrogen and oxygen atoms in total. The van der Waals surface area contributed by atoms with Crippen LogP contribution >= 0.6 is 0 Å². The summed E-state index contributed by atoms with van der Waals surface area (Å²) in [5.74, 6) is 0.0610. The summed E-state index contributed by atoms with van der Waals surface area (Å²) >= 11 is 0. The monoisotopic (exact) mass is 337 g/mol. The molecule has 2 aromatic rings. The maximum absolute atomic E-state index is 12.5. The van der Waals surface area contributed by atoms with Crippen LogP contribution in [0.25, 0.3) is 0 Å². The van der Waals surface area contributed by atoms with Crippen molar-refractivity contribution in [1.29, 1.82) is 0 Å². The van der Waals surface area contributed by atoms with Gasteiger partial charge in [0.15, 0.2) is 0 Å². The molecule has 0 aliphatic carbocycles. The van der Waals surface area contributed by atoms with Gasteiger partial charge >= 0.3 is 0 Å². The topological polar surface area (TPSA) is 35.6 Å². The average molecular weight is 337 g/mol. The molecule has 0 unspecified atom stereocenters. The van der Waals surface area contributed by atoms with E-state index in [9.17, 15) is 4.79 Å². The molecule has 0 saturated carbocycles. The number of rotatable bonds is 4. The van der Waals surface area contributed by atoms with Crippen molar-refractivity contribution in [3.05, 3.63) is 59.7 Å². The zero-order chi connectivity index (χ0) is 17.8. The molecule has 0 spiro atoms. The minimum atomic E-state index is -0.123. The van der Waals surface area contributed by atoms with Crippen LogP contribution < -0.4 is 10.2 Å². The molecule has 25 heavy (non-hydrogen) atoms. The second-order valence-electron chi connectivity index (χ2n) is 6.82. The standard InChI is InChI=1S/C21H27N3O/c1-16-9-10-20(15-17(16)2)24-13-11-23(12-14-24)18(3)21(25)22-19-7-5-4-6-8-19/h4-10,15,18H,11-14H2,1-3H3,(H,22,25)/t18-/m1/s1. The Morgan fingerprint density at radius 3 is 2.28 bits per heavy atom. The molecule has 2 aromatic carbocycles. The van der Waals surface area contributed by atoms with Gasteiger partial charge in [0.05, 0.1) is 6.04 Å². The van der Waals surface area contributed by atoms with Gasteiger partial charge in [0.25, 0.3) is 0 Å². The number of anilines is 2. The van der Waals surface area contributed by atoms with Crippen molar-refractivity contribution in [3.63, 3.8) is 0 Å². The van der Waals surface area contributed by atoms with Crippen LogP contribution in [-0.2, 0) is 4.79 Å². The highest BCUT2D eigenvalue weighted by Gasteiger charge is 2.25. The first-order valence-corrected chi connectivity index (χ1v) is 8.97. The molecule has 3 rings (SSSR count). The summed E-state index contributed by atoms with van der Waals surface area (Å²) in [6, 6.07) is 16.2. The minimum absolute atomic E-state index is 0.0610. The summed E-state index contributed by atoms with van der Waals surface area (Å²) in [4.78, 5) is 17.1. The first-order valence-electron chi connectivity index (χ1n) is 8.97. The Labute approximate surface area is 150 Å². The number of aryl methyl sites for hydroxylation is 2. The van der Waals surface area contributed by atoms with E-state index in [1.54, 1.807) is 0 Å². The Morgan fingerprint density at radius 2 is 1.64 bits per heavy atom. The maximum atomic E-state index is 12.5. The predicted molar refractivity (Wildman–Crippen MR) is 104 cm³/mol. The minimum Gasteiger partial charge on any atom is -0.369 e. The second-order valence-corrected chi connectivity index (χ2v) is 6.82. The molecular weight excluding hydrogens is 310 g/mol. The van der Waals surface area contributed by atoms with Crippen LogP contribution in [0.3, 0.4) is 0 Å². The molecular formula is C21H27N3O. The lowest BCUT2D eigenvalue weighted by Crippen LogP contribution is -2.52. The lowest BCUT2D eigenvalue weighted by atomic mass is 10.1. The number of hydrogen-bond donors (Lipinski definition) is 1. The van der Waals surface area contributed by atoms with Crippen molar-refractivity contribution in [2.24, 2.45) is 0 Å². The maximum Gasteiger partial charge on any atom is 0.241 e. The Hall–Kier alpha value is -2.33. The highest BCUT2D eigenvalue weighted by Crippen LogP contribution is 2.21. The largest absolute Gasteiger partial charge is 0.369 e. The van der Waals surface area contributed by atoms with Crippen LogP contribution in [0.5, 0.6) is 0 Å². The Kier molecular flexibility index (Phi) is 5.39. The molecule has 1 N–H and O–H groups in total. The van der Waals surface area contributed by atoms with Crippen LogP contribution in [0.1, 0.15) is 18.1 Å². The number of para-hydroxylation sites is 1. The van der Waals surface area contributed by atoms with E-state index in [2.05, 4.69) is 47.2 Å². The van der Waals surface area contributed by atoms with Crippen molar-refractivity contribution in [2.75, 3.05) is 36.4 Å². The van der Waals surface area contributed by atoms with Crippen molar-refractivity contribution in [2.45, 2.75) is 26.8 Å². The number of carbonyl (C=O) groups is 1. The van der Waals surface area contributed by atoms with E-state index in [-0.39, 0.29) is 11.9 Å². The number of piperazine rings is 1.